The number of hydrogen-bond acceptors (Lipinski definition) is 6. The fourth-order valence-corrected chi connectivity index (χ4v) is 5.15. The molecule has 24 heavy (non-hydrogen) atoms. The third-order valence-corrected chi connectivity index (χ3v) is 6.89. The van der Waals surface area contributed by atoms with Crippen LogP contribution in [0.3, 0.4) is 0 Å². The first-order chi connectivity index (χ1) is 11.5. The summed E-state index contributed by atoms with van der Waals surface area (Å²) in [6.07, 6.45) is 0.799. The molecule has 1 aromatic carbocycles. The highest BCUT2D eigenvalue weighted by molar-refractivity contribution is 7.89. The van der Waals surface area contributed by atoms with Crippen LogP contribution in [0.1, 0.15) is 23.0 Å². The first-order valence-electron chi connectivity index (χ1n) is 7.94. The standard InChI is InChI=1S/C16H20N2O4S2/c1-2-22-16(19)15-11-12-10-13(4-5-14(12)23-15)24(20,21)18-8-3-6-17-7-9-18/h4-5,10-11,17H,2-3,6-9H2,1H3. The Morgan fingerprint density at radius 2 is 2.12 bits per heavy atom. The van der Waals surface area contributed by atoms with Crippen LogP contribution in [0.4, 0.5) is 0 Å². The predicted octanol–water partition coefficient (Wildman–Crippen LogP) is 2.06. The molecular formula is C16H20N2O4S2. The summed E-state index contributed by atoms with van der Waals surface area (Å²) in [5, 5.41) is 3.95. The van der Waals surface area contributed by atoms with Crippen LogP contribution in [-0.2, 0) is 14.8 Å². The molecule has 0 unspecified atom stereocenters. The largest absolute Gasteiger partial charge is 0.462 e. The van der Waals surface area contributed by atoms with Gasteiger partial charge >= 0.3 is 5.97 Å². The Morgan fingerprint density at radius 1 is 1.29 bits per heavy atom. The van der Waals surface area contributed by atoms with Crippen molar-refractivity contribution in [2.45, 2.75) is 18.2 Å². The highest BCUT2D eigenvalue weighted by atomic mass is 32.2. The lowest BCUT2D eigenvalue weighted by atomic mass is 10.2. The zero-order chi connectivity index (χ0) is 17.2. The average molecular weight is 368 g/mol. The minimum Gasteiger partial charge on any atom is -0.462 e. The van der Waals surface area contributed by atoms with Crippen molar-refractivity contribution in [1.29, 1.82) is 0 Å². The summed E-state index contributed by atoms with van der Waals surface area (Å²) < 4.78 is 33.1. The Hall–Kier alpha value is -1.48. The molecule has 0 saturated carbocycles. The van der Waals surface area contributed by atoms with E-state index >= 15 is 0 Å². The Labute approximate surface area is 145 Å². The van der Waals surface area contributed by atoms with Crippen LogP contribution >= 0.6 is 11.3 Å². The van der Waals surface area contributed by atoms with Gasteiger partial charge in [0.2, 0.25) is 10.0 Å². The van der Waals surface area contributed by atoms with Gasteiger partial charge < -0.3 is 10.1 Å². The van der Waals surface area contributed by atoms with Gasteiger partial charge in [-0.05, 0) is 49.5 Å². The first kappa shape index (κ1) is 17.3. The van der Waals surface area contributed by atoms with Crippen molar-refractivity contribution in [3.8, 4) is 0 Å². The number of thiophene rings is 1. The van der Waals surface area contributed by atoms with Gasteiger partial charge in [-0.2, -0.15) is 4.31 Å². The van der Waals surface area contributed by atoms with Crippen LogP contribution in [0.15, 0.2) is 29.2 Å². The Kier molecular flexibility index (Phi) is 5.19. The second-order valence-electron chi connectivity index (χ2n) is 5.54. The van der Waals surface area contributed by atoms with E-state index in [1.54, 1.807) is 31.2 Å². The van der Waals surface area contributed by atoms with Crippen molar-refractivity contribution in [1.82, 2.24) is 9.62 Å². The van der Waals surface area contributed by atoms with Crippen molar-refractivity contribution in [2.75, 3.05) is 32.8 Å². The quantitative estimate of drug-likeness (QED) is 0.836. The molecule has 1 saturated heterocycles. The maximum absolute atomic E-state index is 12.8. The number of nitrogens with one attached hydrogen (secondary N) is 1. The molecule has 1 N–H and O–H groups in total. The van der Waals surface area contributed by atoms with E-state index in [1.807, 2.05) is 0 Å². The number of ether oxygens (including phenoxy) is 1. The van der Waals surface area contributed by atoms with Gasteiger partial charge in [0.1, 0.15) is 4.88 Å². The molecule has 0 radical (unpaired) electrons. The fraction of sp³-hybridized carbons (Fsp3) is 0.438. The van der Waals surface area contributed by atoms with Crippen LogP contribution in [0.5, 0.6) is 0 Å². The topological polar surface area (TPSA) is 75.7 Å². The van der Waals surface area contributed by atoms with Gasteiger partial charge in [-0.25, -0.2) is 13.2 Å². The van der Waals surface area contributed by atoms with E-state index in [2.05, 4.69) is 5.32 Å². The van der Waals surface area contributed by atoms with Gasteiger partial charge in [-0.15, -0.1) is 11.3 Å². The molecule has 1 aliphatic rings. The third-order valence-electron chi connectivity index (χ3n) is 3.90. The molecular weight excluding hydrogens is 348 g/mol. The molecule has 2 heterocycles. The monoisotopic (exact) mass is 368 g/mol. The van der Waals surface area contributed by atoms with Gasteiger partial charge in [0, 0.05) is 24.3 Å². The van der Waals surface area contributed by atoms with E-state index in [-0.39, 0.29) is 10.9 Å². The van der Waals surface area contributed by atoms with E-state index in [4.69, 9.17) is 4.74 Å². The number of rotatable bonds is 4. The summed E-state index contributed by atoms with van der Waals surface area (Å²) in [5.41, 5.74) is 0. The summed E-state index contributed by atoms with van der Waals surface area (Å²) in [6, 6.07) is 6.70. The Balaban J connectivity index is 1.93. The van der Waals surface area contributed by atoms with Gasteiger partial charge in [0.05, 0.1) is 11.5 Å². The van der Waals surface area contributed by atoms with Crippen LogP contribution in [-0.4, -0.2) is 51.5 Å². The van der Waals surface area contributed by atoms with Crippen LogP contribution in [0.25, 0.3) is 10.1 Å². The average Bonchev–Trinajstić information content (AvgIpc) is 2.79. The number of fused-ring (bicyclic) bond motifs is 1. The molecule has 1 aliphatic heterocycles. The molecule has 1 aromatic heterocycles. The van der Waals surface area contributed by atoms with E-state index in [0.29, 0.717) is 31.1 Å². The molecule has 130 valence electrons. The van der Waals surface area contributed by atoms with Crippen LogP contribution in [0.2, 0.25) is 0 Å². The molecule has 8 heteroatoms. The fourth-order valence-electron chi connectivity index (χ4n) is 2.70. The number of hydrogen-bond donors (Lipinski definition) is 1. The maximum atomic E-state index is 12.8. The predicted molar refractivity (Wildman–Crippen MR) is 94.0 cm³/mol. The minimum absolute atomic E-state index is 0.269. The molecule has 2 aromatic rings. The Morgan fingerprint density at radius 3 is 2.92 bits per heavy atom. The SMILES string of the molecule is CCOC(=O)c1cc2cc(S(=O)(=O)N3CCCNCC3)ccc2s1. The summed E-state index contributed by atoms with van der Waals surface area (Å²) in [5.74, 6) is -0.373. The number of nitrogens with zero attached hydrogens (tertiary/aromatic N) is 1. The zero-order valence-electron chi connectivity index (χ0n) is 13.4. The van der Waals surface area contributed by atoms with Gasteiger partial charge in [-0.3, -0.25) is 0 Å². The zero-order valence-corrected chi connectivity index (χ0v) is 15.1. The third kappa shape index (κ3) is 3.46. The molecule has 6 nitrogen and oxygen atoms in total. The van der Waals surface area contributed by atoms with Gasteiger partial charge in [0.15, 0.2) is 0 Å². The van der Waals surface area contributed by atoms with E-state index < -0.39 is 10.0 Å². The summed E-state index contributed by atoms with van der Waals surface area (Å²) >= 11 is 1.31. The number of benzene rings is 1. The van der Waals surface area contributed by atoms with Gasteiger partial charge in [0.25, 0.3) is 0 Å². The normalized spacial score (nSPS) is 16.9. The number of carbonyl (C=O) groups excluding carboxylic acids is 1. The maximum Gasteiger partial charge on any atom is 0.348 e. The van der Waals surface area contributed by atoms with Crippen molar-refractivity contribution in [2.24, 2.45) is 0 Å². The van der Waals surface area contributed by atoms with Crippen molar-refractivity contribution in [3.05, 3.63) is 29.1 Å². The Bertz CT molecular complexity index is 837. The highest BCUT2D eigenvalue weighted by Crippen LogP contribution is 2.29. The molecule has 1 fully saturated rings. The van der Waals surface area contributed by atoms with Crippen molar-refractivity contribution < 1.29 is 17.9 Å². The highest BCUT2D eigenvalue weighted by Gasteiger charge is 2.25. The first-order valence-corrected chi connectivity index (χ1v) is 10.2. The summed E-state index contributed by atoms with van der Waals surface area (Å²) in [6.45, 7) is 4.55. The van der Waals surface area contributed by atoms with E-state index in [0.717, 1.165) is 23.1 Å². The number of sulfonamides is 1. The number of carbonyl (C=O) groups is 1. The summed E-state index contributed by atoms with van der Waals surface area (Å²) in [4.78, 5) is 12.6. The molecule has 0 bridgehead atoms. The smallest absolute Gasteiger partial charge is 0.348 e. The van der Waals surface area contributed by atoms with Crippen LogP contribution < -0.4 is 5.32 Å². The van der Waals surface area contributed by atoms with Crippen molar-refractivity contribution in [3.63, 3.8) is 0 Å². The second kappa shape index (κ2) is 7.18. The van der Waals surface area contributed by atoms with Crippen LogP contribution in [0, 0.1) is 0 Å². The lowest BCUT2D eigenvalue weighted by molar-refractivity contribution is 0.0532. The molecule has 0 aliphatic carbocycles. The molecule has 0 atom stereocenters. The second-order valence-corrected chi connectivity index (χ2v) is 8.56. The minimum atomic E-state index is -3.52. The van der Waals surface area contributed by atoms with Crippen molar-refractivity contribution >= 4 is 37.4 Å². The lowest BCUT2D eigenvalue weighted by Gasteiger charge is -2.19. The lowest BCUT2D eigenvalue weighted by Crippen LogP contribution is -2.34. The van der Waals surface area contributed by atoms with Gasteiger partial charge in [-0.1, -0.05) is 0 Å². The molecule has 0 amide bonds. The molecule has 3 rings (SSSR count). The van der Waals surface area contributed by atoms with E-state index in [9.17, 15) is 13.2 Å². The number of esters is 1. The summed E-state index contributed by atoms with van der Waals surface area (Å²) in [7, 11) is -3.52. The molecule has 0 spiro atoms. The van der Waals surface area contributed by atoms with E-state index in [1.165, 1.54) is 15.6 Å².